The van der Waals surface area contributed by atoms with Crippen LogP contribution in [0.1, 0.15) is 335 Å². The summed E-state index contributed by atoms with van der Waals surface area (Å²) >= 11 is 0. The molecule has 0 fully saturated rings. The number of unbranched alkanes of at least 4 members (excludes halogenated alkanes) is 44. The lowest BCUT2D eigenvalue weighted by atomic mass is 10.0. The van der Waals surface area contributed by atoms with E-state index in [1.165, 1.54) is 263 Å². The molecule has 0 aromatic carbocycles. The van der Waals surface area contributed by atoms with Gasteiger partial charge in [-0.05, 0) is 44.9 Å². The van der Waals surface area contributed by atoms with Crippen LogP contribution in [0.25, 0.3) is 0 Å². The molecule has 0 heterocycles. The molecule has 0 saturated carbocycles. The van der Waals surface area contributed by atoms with Crippen LogP contribution < -0.4 is 5.73 Å². The molecule has 0 rings (SSSR count). The van der Waals surface area contributed by atoms with E-state index in [9.17, 15) is 19.0 Å². The van der Waals surface area contributed by atoms with Gasteiger partial charge in [-0.25, -0.2) is 4.57 Å². The highest BCUT2D eigenvalue weighted by Crippen LogP contribution is 2.43. The predicted octanol–water partition coefficient (Wildman–Crippen LogP) is 20.2. The van der Waals surface area contributed by atoms with Crippen LogP contribution in [0.3, 0.4) is 0 Å². The number of allylic oxidation sites excluding steroid dienone is 4. The first-order chi connectivity index (χ1) is 35.8. The van der Waals surface area contributed by atoms with Gasteiger partial charge in [-0.2, -0.15) is 0 Å². The van der Waals surface area contributed by atoms with Crippen LogP contribution in [0.2, 0.25) is 0 Å². The van der Waals surface area contributed by atoms with Gasteiger partial charge in [0.2, 0.25) is 0 Å². The molecule has 3 N–H and O–H groups in total. The number of hydrogen-bond donors (Lipinski definition) is 2. The highest BCUT2D eigenvalue weighted by Gasteiger charge is 2.26. The van der Waals surface area contributed by atoms with Gasteiger partial charge in [-0.1, -0.05) is 301 Å². The number of carbonyl (C=O) groups is 2. The van der Waals surface area contributed by atoms with Crippen LogP contribution in [0.5, 0.6) is 0 Å². The quantitative estimate of drug-likeness (QED) is 0.0264. The van der Waals surface area contributed by atoms with E-state index >= 15 is 0 Å². The maximum absolute atomic E-state index is 12.7. The minimum absolute atomic E-state index is 0.0569. The molecule has 0 aliphatic heterocycles. The molecule has 0 saturated heterocycles. The largest absolute Gasteiger partial charge is 0.472 e. The molecule has 0 bridgehead atoms. The van der Waals surface area contributed by atoms with Gasteiger partial charge in [-0.15, -0.1) is 0 Å². The Morgan fingerprint density at radius 1 is 0.411 bits per heavy atom. The number of nitrogens with two attached hydrogens (primary N) is 1. The topological polar surface area (TPSA) is 134 Å². The fourth-order valence-corrected chi connectivity index (χ4v) is 10.4. The standard InChI is InChI=1S/C63H122NO8P/c1-3-5-7-9-11-13-15-17-19-21-23-25-26-27-28-29-30-31-32-33-34-36-38-40-42-44-46-48-50-52-54-56-63(66)72-61(60-71-73(67,68)70-58-57-64)59-69-62(65)55-53-51-49-47-45-43-41-39-37-35-24-22-20-18-16-14-12-10-8-6-4-2/h15,17,21,23,61H,3-14,16,18-20,22,24-60,64H2,1-2H3,(H,67,68)/b17-15-,23-21-. The van der Waals surface area contributed by atoms with Crippen molar-refractivity contribution in [3.63, 3.8) is 0 Å². The first kappa shape index (κ1) is 71.5. The second kappa shape index (κ2) is 59.7. The van der Waals surface area contributed by atoms with E-state index in [0.717, 1.165) is 38.5 Å². The van der Waals surface area contributed by atoms with E-state index in [1.807, 2.05) is 0 Å². The van der Waals surface area contributed by atoms with Gasteiger partial charge in [0.15, 0.2) is 6.10 Å². The zero-order valence-electron chi connectivity index (χ0n) is 48.4. The summed E-state index contributed by atoms with van der Waals surface area (Å²) in [5.74, 6) is -0.805. The van der Waals surface area contributed by atoms with Crippen molar-refractivity contribution in [3.05, 3.63) is 24.3 Å². The molecule has 0 spiro atoms. The molecule has 10 heteroatoms. The van der Waals surface area contributed by atoms with Crippen LogP contribution in [0.4, 0.5) is 0 Å². The smallest absolute Gasteiger partial charge is 0.462 e. The maximum Gasteiger partial charge on any atom is 0.472 e. The van der Waals surface area contributed by atoms with Crippen LogP contribution >= 0.6 is 7.82 Å². The molecule has 0 aliphatic carbocycles. The van der Waals surface area contributed by atoms with Crippen molar-refractivity contribution < 1.29 is 37.6 Å². The van der Waals surface area contributed by atoms with Crippen LogP contribution in [0, 0.1) is 0 Å². The maximum atomic E-state index is 12.7. The first-order valence-corrected chi connectivity index (χ1v) is 33.3. The van der Waals surface area contributed by atoms with Crippen molar-refractivity contribution in [2.45, 2.75) is 341 Å². The lowest BCUT2D eigenvalue weighted by Crippen LogP contribution is -2.29. The van der Waals surface area contributed by atoms with E-state index in [4.69, 9.17) is 24.3 Å². The van der Waals surface area contributed by atoms with Crippen molar-refractivity contribution in [3.8, 4) is 0 Å². The summed E-state index contributed by atoms with van der Waals surface area (Å²) in [5, 5.41) is 0. The molecule has 2 atom stereocenters. The van der Waals surface area contributed by atoms with Gasteiger partial charge in [-0.3, -0.25) is 18.6 Å². The molecule has 432 valence electrons. The Hall–Kier alpha value is -1.51. The van der Waals surface area contributed by atoms with Crippen molar-refractivity contribution in [1.82, 2.24) is 0 Å². The Bertz CT molecular complexity index is 1250. The highest BCUT2D eigenvalue weighted by molar-refractivity contribution is 7.47. The number of hydrogen-bond acceptors (Lipinski definition) is 8. The number of ether oxygens (including phenoxy) is 2. The van der Waals surface area contributed by atoms with E-state index in [-0.39, 0.29) is 38.6 Å². The molecule has 0 aliphatic rings. The number of phosphoric ester groups is 1. The first-order valence-electron chi connectivity index (χ1n) is 31.8. The summed E-state index contributed by atoms with van der Waals surface area (Å²) in [6, 6.07) is 0. The van der Waals surface area contributed by atoms with Crippen molar-refractivity contribution in [1.29, 1.82) is 0 Å². The number of phosphoric acid groups is 1. The van der Waals surface area contributed by atoms with Crippen LogP contribution in [-0.4, -0.2) is 49.3 Å². The molecule has 9 nitrogen and oxygen atoms in total. The third-order valence-corrected chi connectivity index (χ3v) is 15.3. The van der Waals surface area contributed by atoms with Gasteiger partial charge < -0.3 is 20.1 Å². The average molecular weight is 1050 g/mol. The molecule has 0 amide bonds. The second-order valence-electron chi connectivity index (χ2n) is 21.6. The lowest BCUT2D eigenvalue weighted by Gasteiger charge is -2.19. The summed E-state index contributed by atoms with van der Waals surface area (Å²) in [4.78, 5) is 35.2. The van der Waals surface area contributed by atoms with Gasteiger partial charge >= 0.3 is 19.8 Å². The van der Waals surface area contributed by atoms with Crippen molar-refractivity contribution in [2.75, 3.05) is 26.4 Å². The van der Waals surface area contributed by atoms with Crippen molar-refractivity contribution >= 4 is 19.8 Å². The highest BCUT2D eigenvalue weighted by atomic mass is 31.2. The summed E-state index contributed by atoms with van der Waals surface area (Å²) in [6.07, 6.45) is 71.1. The number of esters is 2. The third-order valence-electron chi connectivity index (χ3n) is 14.3. The summed E-state index contributed by atoms with van der Waals surface area (Å²) in [6.45, 7) is 3.81. The van der Waals surface area contributed by atoms with E-state index < -0.39 is 26.5 Å². The molecular formula is C63H122NO8P. The SMILES string of the molecule is CCCCCCC/C=C\C/C=C\CCCCCCCCCCCCCCCCCCCCCC(=O)OC(COC(=O)CCCCCCCCCCCCCCCCCCCCCCC)COP(=O)(O)OCCN. The second-order valence-corrected chi connectivity index (χ2v) is 23.1. The molecule has 0 aromatic rings. The Kier molecular flexibility index (Phi) is 58.5. The number of rotatable bonds is 61. The Balaban J connectivity index is 3.85. The average Bonchev–Trinajstić information content (AvgIpc) is 3.38. The minimum Gasteiger partial charge on any atom is -0.462 e. The Morgan fingerprint density at radius 2 is 0.712 bits per heavy atom. The summed E-state index contributed by atoms with van der Waals surface area (Å²) in [7, 11) is -4.38. The number of carbonyl (C=O) groups excluding carboxylic acids is 2. The predicted molar refractivity (Wildman–Crippen MR) is 312 cm³/mol. The Labute approximate surface area is 452 Å². The van der Waals surface area contributed by atoms with Gasteiger partial charge in [0, 0.05) is 19.4 Å². The van der Waals surface area contributed by atoms with Gasteiger partial charge in [0.1, 0.15) is 6.61 Å². The third kappa shape index (κ3) is 59.6. The monoisotopic (exact) mass is 1050 g/mol. The molecular weight excluding hydrogens is 930 g/mol. The summed E-state index contributed by atoms with van der Waals surface area (Å²) in [5.41, 5.74) is 5.39. The van der Waals surface area contributed by atoms with Gasteiger partial charge in [0.25, 0.3) is 0 Å². The summed E-state index contributed by atoms with van der Waals surface area (Å²) < 4.78 is 33.1. The van der Waals surface area contributed by atoms with E-state index in [0.29, 0.717) is 6.42 Å². The van der Waals surface area contributed by atoms with E-state index in [1.54, 1.807) is 0 Å². The van der Waals surface area contributed by atoms with Crippen LogP contribution in [-0.2, 0) is 32.7 Å². The lowest BCUT2D eigenvalue weighted by molar-refractivity contribution is -0.161. The Morgan fingerprint density at radius 3 is 1.04 bits per heavy atom. The normalized spacial score (nSPS) is 13.1. The minimum atomic E-state index is -4.38. The molecule has 73 heavy (non-hydrogen) atoms. The van der Waals surface area contributed by atoms with Crippen molar-refractivity contribution in [2.24, 2.45) is 5.73 Å². The van der Waals surface area contributed by atoms with Crippen LogP contribution in [0.15, 0.2) is 24.3 Å². The molecule has 0 radical (unpaired) electrons. The zero-order valence-corrected chi connectivity index (χ0v) is 49.3. The fourth-order valence-electron chi connectivity index (χ4n) is 9.61. The van der Waals surface area contributed by atoms with Gasteiger partial charge in [0.05, 0.1) is 13.2 Å². The molecule has 2 unspecified atom stereocenters. The molecule has 0 aromatic heterocycles. The fraction of sp³-hybridized carbons (Fsp3) is 0.905. The zero-order chi connectivity index (χ0) is 53.1. The van der Waals surface area contributed by atoms with E-state index in [2.05, 4.69) is 38.2 Å².